The van der Waals surface area contributed by atoms with Crippen molar-refractivity contribution >= 4 is 38.1 Å². The number of carbonyl (C=O) groups is 1. The van der Waals surface area contributed by atoms with Crippen LogP contribution < -0.4 is 9.62 Å². The quantitative estimate of drug-likeness (QED) is 0.782. The van der Waals surface area contributed by atoms with E-state index in [1.165, 1.54) is 35.2 Å². The molecule has 1 N–H and O–H groups in total. The molecule has 3 aromatic rings. The predicted molar refractivity (Wildman–Crippen MR) is 93.9 cm³/mol. The van der Waals surface area contributed by atoms with E-state index in [4.69, 9.17) is 0 Å². The highest BCUT2D eigenvalue weighted by Gasteiger charge is 2.30. The highest BCUT2D eigenvalue weighted by atomic mass is 32.2. The Labute approximate surface area is 143 Å². The van der Waals surface area contributed by atoms with Crippen LogP contribution in [-0.2, 0) is 10.0 Å². The Balaban J connectivity index is 1.88. The summed E-state index contributed by atoms with van der Waals surface area (Å²) in [6, 6.07) is 13.2. The Morgan fingerprint density at radius 3 is 2.44 bits per heavy atom. The van der Waals surface area contributed by atoms with Gasteiger partial charge in [0.15, 0.2) is 0 Å². The molecule has 0 fully saturated rings. The van der Waals surface area contributed by atoms with Crippen LogP contribution in [0.5, 0.6) is 0 Å². The summed E-state index contributed by atoms with van der Waals surface area (Å²) in [6.07, 6.45) is 0. The van der Waals surface area contributed by atoms with Gasteiger partial charge in [0.1, 0.15) is 5.82 Å². The van der Waals surface area contributed by atoms with E-state index in [1.807, 2.05) is 0 Å². The third-order valence-electron chi connectivity index (χ3n) is 4.26. The van der Waals surface area contributed by atoms with Crippen molar-refractivity contribution in [2.75, 3.05) is 16.7 Å². The first-order chi connectivity index (χ1) is 11.9. The number of hydrogen-bond acceptors (Lipinski definition) is 3. The van der Waals surface area contributed by atoms with Crippen molar-refractivity contribution in [3.8, 4) is 0 Å². The molecule has 0 spiro atoms. The molecule has 0 atom stereocenters. The third-order valence-corrected chi connectivity index (χ3v) is 5.70. The van der Waals surface area contributed by atoms with E-state index in [0.29, 0.717) is 22.0 Å². The number of anilines is 2. The monoisotopic (exact) mass is 356 g/mol. The van der Waals surface area contributed by atoms with Gasteiger partial charge >= 0.3 is 0 Å². The number of halogens is 1. The number of hydrogen-bond donors (Lipinski definition) is 1. The average molecular weight is 356 g/mol. The molecule has 1 aliphatic rings. The summed E-state index contributed by atoms with van der Waals surface area (Å²) in [5, 5.41) is 1.10. The molecule has 7 heteroatoms. The number of benzene rings is 3. The summed E-state index contributed by atoms with van der Waals surface area (Å²) >= 11 is 0. The van der Waals surface area contributed by atoms with Gasteiger partial charge in [-0.1, -0.05) is 12.1 Å². The fourth-order valence-corrected chi connectivity index (χ4v) is 4.33. The van der Waals surface area contributed by atoms with Crippen LogP contribution >= 0.6 is 0 Å². The summed E-state index contributed by atoms with van der Waals surface area (Å²) in [5.41, 5.74) is 1.42. The van der Waals surface area contributed by atoms with Gasteiger partial charge in [-0.3, -0.25) is 9.52 Å². The van der Waals surface area contributed by atoms with Gasteiger partial charge in [0.05, 0.1) is 10.6 Å². The number of rotatable bonds is 3. The lowest BCUT2D eigenvalue weighted by molar-refractivity contribution is 0.0999. The summed E-state index contributed by atoms with van der Waals surface area (Å²) in [5.74, 6) is -0.614. The second-order valence-electron chi connectivity index (χ2n) is 5.79. The highest BCUT2D eigenvalue weighted by molar-refractivity contribution is 7.93. The van der Waals surface area contributed by atoms with Crippen LogP contribution in [0.25, 0.3) is 10.8 Å². The molecule has 0 radical (unpaired) electrons. The molecular formula is C18H13FN2O3S. The molecule has 4 rings (SSSR count). The lowest BCUT2D eigenvalue weighted by Crippen LogP contribution is -2.20. The Kier molecular flexibility index (Phi) is 3.30. The standard InChI is InChI=1S/C18H13FN2O3S/c1-21-15-9-10-16(13-3-2-4-14(17(13)15)18(21)22)25(23,24)20-12-7-5-11(19)6-8-12/h2-10,20H,1H3. The van der Waals surface area contributed by atoms with Crippen molar-refractivity contribution in [1.82, 2.24) is 0 Å². The van der Waals surface area contributed by atoms with E-state index in [-0.39, 0.29) is 16.5 Å². The van der Waals surface area contributed by atoms with Crippen LogP contribution in [0.15, 0.2) is 59.5 Å². The second-order valence-corrected chi connectivity index (χ2v) is 7.44. The van der Waals surface area contributed by atoms with Crippen molar-refractivity contribution < 1.29 is 17.6 Å². The van der Waals surface area contributed by atoms with Gasteiger partial charge in [-0.2, -0.15) is 0 Å². The van der Waals surface area contributed by atoms with E-state index in [0.717, 1.165) is 0 Å². The second kappa shape index (κ2) is 5.29. The first-order valence-corrected chi connectivity index (χ1v) is 8.99. The molecule has 0 saturated heterocycles. The van der Waals surface area contributed by atoms with E-state index < -0.39 is 15.8 Å². The zero-order chi connectivity index (χ0) is 17.8. The van der Waals surface area contributed by atoms with Gasteiger partial charge in [-0.25, -0.2) is 12.8 Å². The Morgan fingerprint density at radius 1 is 1.00 bits per heavy atom. The van der Waals surface area contributed by atoms with E-state index >= 15 is 0 Å². The van der Waals surface area contributed by atoms with Gasteiger partial charge in [0.2, 0.25) is 0 Å². The molecule has 126 valence electrons. The summed E-state index contributed by atoms with van der Waals surface area (Å²) in [6.45, 7) is 0. The Morgan fingerprint density at radius 2 is 1.72 bits per heavy atom. The van der Waals surface area contributed by atoms with Crippen molar-refractivity contribution in [3.63, 3.8) is 0 Å². The molecule has 1 aliphatic heterocycles. The fraction of sp³-hybridized carbons (Fsp3) is 0.0556. The van der Waals surface area contributed by atoms with E-state index in [2.05, 4.69) is 4.72 Å². The molecule has 25 heavy (non-hydrogen) atoms. The van der Waals surface area contributed by atoms with E-state index in [9.17, 15) is 17.6 Å². The SMILES string of the molecule is CN1C(=O)c2cccc3c(S(=O)(=O)Nc4ccc(F)cc4)ccc1c23. The maximum atomic E-state index is 13.0. The van der Waals surface area contributed by atoms with E-state index in [1.54, 1.807) is 31.3 Å². The van der Waals surface area contributed by atoms with Gasteiger partial charge in [0.25, 0.3) is 15.9 Å². The number of sulfonamides is 1. The molecule has 5 nitrogen and oxygen atoms in total. The molecule has 0 unspecified atom stereocenters. The Bertz CT molecular complexity index is 1130. The van der Waals surface area contributed by atoms with Crippen LogP contribution in [0.1, 0.15) is 10.4 Å². The van der Waals surface area contributed by atoms with Crippen LogP contribution in [0, 0.1) is 5.82 Å². The first kappa shape index (κ1) is 15.6. The minimum absolute atomic E-state index is 0.0699. The molecule has 1 heterocycles. The van der Waals surface area contributed by atoms with Gasteiger partial charge in [0, 0.05) is 29.1 Å². The maximum Gasteiger partial charge on any atom is 0.262 e. The zero-order valence-electron chi connectivity index (χ0n) is 13.2. The lowest BCUT2D eigenvalue weighted by Gasteiger charge is -2.13. The molecule has 0 aromatic heterocycles. The van der Waals surface area contributed by atoms with Gasteiger partial charge < -0.3 is 4.90 Å². The molecule has 1 amide bonds. The largest absolute Gasteiger partial charge is 0.311 e. The topological polar surface area (TPSA) is 66.5 Å². The molecular weight excluding hydrogens is 343 g/mol. The Hall–Kier alpha value is -2.93. The minimum Gasteiger partial charge on any atom is -0.311 e. The zero-order valence-corrected chi connectivity index (χ0v) is 14.0. The fourth-order valence-electron chi connectivity index (χ4n) is 3.07. The normalized spacial score (nSPS) is 13.5. The highest BCUT2D eigenvalue weighted by Crippen LogP contribution is 2.39. The van der Waals surface area contributed by atoms with Gasteiger partial charge in [-0.05, 0) is 42.5 Å². The minimum atomic E-state index is -3.90. The van der Waals surface area contributed by atoms with Gasteiger partial charge in [-0.15, -0.1) is 0 Å². The van der Waals surface area contributed by atoms with Crippen molar-refractivity contribution in [2.45, 2.75) is 4.90 Å². The van der Waals surface area contributed by atoms with Crippen molar-refractivity contribution in [1.29, 1.82) is 0 Å². The van der Waals surface area contributed by atoms with Crippen molar-refractivity contribution in [3.05, 3.63) is 66.0 Å². The van der Waals surface area contributed by atoms with Crippen LogP contribution in [0.2, 0.25) is 0 Å². The third kappa shape index (κ3) is 2.35. The van der Waals surface area contributed by atoms with Crippen molar-refractivity contribution in [2.24, 2.45) is 0 Å². The summed E-state index contributed by atoms with van der Waals surface area (Å²) < 4.78 is 41.1. The number of nitrogens with zero attached hydrogens (tertiary/aromatic N) is 1. The molecule has 0 bridgehead atoms. The molecule has 0 saturated carbocycles. The first-order valence-electron chi connectivity index (χ1n) is 7.51. The molecule has 3 aromatic carbocycles. The summed E-state index contributed by atoms with van der Waals surface area (Å²) in [4.78, 5) is 13.9. The predicted octanol–water partition coefficient (Wildman–Crippen LogP) is 3.37. The van der Waals surface area contributed by atoms with Crippen LogP contribution in [0.4, 0.5) is 15.8 Å². The lowest BCUT2D eigenvalue weighted by atomic mass is 10.1. The van der Waals surface area contributed by atoms with Crippen LogP contribution in [0.3, 0.4) is 0 Å². The van der Waals surface area contributed by atoms with Crippen LogP contribution in [-0.4, -0.2) is 21.4 Å². The number of amides is 1. The number of carbonyl (C=O) groups excluding carboxylic acids is 1. The average Bonchev–Trinajstić information content (AvgIpc) is 2.84. The maximum absolute atomic E-state index is 13.0. The molecule has 0 aliphatic carbocycles. The smallest absolute Gasteiger partial charge is 0.262 e. The summed E-state index contributed by atoms with van der Waals surface area (Å²) in [7, 11) is -2.24. The number of nitrogens with one attached hydrogen (secondary N) is 1.